The van der Waals surface area contributed by atoms with Crippen LogP contribution in [0.15, 0.2) is 41.7 Å². The first kappa shape index (κ1) is 17.2. The van der Waals surface area contributed by atoms with Gasteiger partial charge in [-0.25, -0.2) is 15.0 Å². The molecule has 2 N–H and O–H groups in total. The number of benzene rings is 1. The number of nitrogens with one attached hydrogen (secondary N) is 1. The Morgan fingerprint density at radius 1 is 1.30 bits per heavy atom. The lowest BCUT2D eigenvalue weighted by Crippen LogP contribution is -2.35. The summed E-state index contributed by atoms with van der Waals surface area (Å²) in [5, 5.41) is 10.2. The van der Waals surface area contributed by atoms with E-state index in [2.05, 4.69) is 24.8 Å². The topological polar surface area (TPSA) is 104 Å². The van der Waals surface area contributed by atoms with Crippen LogP contribution in [-0.4, -0.2) is 43.6 Å². The van der Waals surface area contributed by atoms with E-state index in [-0.39, 0.29) is 11.3 Å². The predicted octanol–water partition coefficient (Wildman–Crippen LogP) is 1.50. The molecular formula is C19H19N5O3. The minimum Gasteiger partial charge on any atom is -0.507 e. The molecule has 27 heavy (non-hydrogen) atoms. The minimum absolute atomic E-state index is 0.150. The van der Waals surface area contributed by atoms with Crippen molar-refractivity contribution in [2.75, 3.05) is 13.7 Å². The van der Waals surface area contributed by atoms with Gasteiger partial charge in [0.1, 0.15) is 23.7 Å². The summed E-state index contributed by atoms with van der Waals surface area (Å²) in [6, 6.07) is 5.25. The predicted molar refractivity (Wildman–Crippen MR) is 98.4 cm³/mol. The van der Waals surface area contributed by atoms with E-state index in [9.17, 15) is 9.90 Å². The highest BCUT2D eigenvalue weighted by atomic mass is 16.5. The van der Waals surface area contributed by atoms with Crippen molar-refractivity contribution in [2.45, 2.75) is 19.5 Å². The average molecular weight is 365 g/mol. The quantitative estimate of drug-likeness (QED) is 0.722. The van der Waals surface area contributed by atoms with Gasteiger partial charge in [0, 0.05) is 50.1 Å². The van der Waals surface area contributed by atoms with Gasteiger partial charge < -0.3 is 14.8 Å². The third kappa shape index (κ3) is 3.52. The molecule has 8 nitrogen and oxygen atoms in total. The van der Waals surface area contributed by atoms with Crippen LogP contribution in [0.3, 0.4) is 0 Å². The Morgan fingerprint density at radius 2 is 2.11 bits per heavy atom. The third-order valence-electron chi connectivity index (χ3n) is 4.67. The van der Waals surface area contributed by atoms with Crippen LogP contribution in [0, 0.1) is 0 Å². The monoisotopic (exact) mass is 365 g/mol. The van der Waals surface area contributed by atoms with Crippen LogP contribution in [-0.2, 0) is 19.5 Å². The number of H-pyrrole nitrogens is 1. The number of nitrogens with zero attached hydrogens (tertiary/aromatic N) is 4. The molecule has 0 spiro atoms. The Hall–Kier alpha value is -3.26. The molecule has 0 saturated heterocycles. The zero-order valence-corrected chi connectivity index (χ0v) is 14.8. The zero-order chi connectivity index (χ0) is 18.8. The van der Waals surface area contributed by atoms with Gasteiger partial charge in [-0.2, -0.15) is 0 Å². The van der Waals surface area contributed by atoms with Crippen molar-refractivity contribution in [1.29, 1.82) is 0 Å². The number of hydrogen-bond acceptors (Lipinski definition) is 7. The summed E-state index contributed by atoms with van der Waals surface area (Å²) in [5.74, 6) is 1.28. The molecule has 8 heteroatoms. The van der Waals surface area contributed by atoms with Gasteiger partial charge in [-0.3, -0.25) is 9.69 Å². The number of ether oxygens (including phenoxy) is 1. The number of phenols is 1. The number of rotatable bonds is 4. The molecule has 2 aromatic heterocycles. The number of hydrogen-bond donors (Lipinski definition) is 2. The maximum absolute atomic E-state index is 12.6. The number of aromatic nitrogens is 4. The maximum atomic E-state index is 12.6. The SMILES string of the molecule is COc1ccc(CN2CCc3nc(-c4cncnc4)[nH]c(=O)c3C2)c(O)c1. The lowest BCUT2D eigenvalue weighted by Gasteiger charge is -2.28. The number of methoxy groups -OCH3 is 1. The molecule has 0 amide bonds. The molecule has 0 fully saturated rings. The van der Waals surface area contributed by atoms with E-state index >= 15 is 0 Å². The summed E-state index contributed by atoms with van der Waals surface area (Å²) in [4.78, 5) is 30.1. The van der Waals surface area contributed by atoms with Crippen molar-refractivity contribution in [2.24, 2.45) is 0 Å². The number of phenolic OH excluding ortho intramolecular Hbond substituents is 1. The molecular weight excluding hydrogens is 346 g/mol. The molecule has 1 aliphatic rings. The summed E-state index contributed by atoms with van der Waals surface area (Å²) in [7, 11) is 1.56. The van der Waals surface area contributed by atoms with Gasteiger partial charge >= 0.3 is 0 Å². The van der Waals surface area contributed by atoms with E-state index in [1.807, 2.05) is 12.1 Å². The van der Waals surface area contributed by atoms with Crippen molar-refractivity contribution >= 4 is 0 Å². The summed E-state index contributed by atoms with van der Waals surface area (Å²) >= 11 is 0. The second-order valence-electron chi connectivity index (χ2n) is 6.42. The van der Waals surface area contributed by atoms with Crippen LogP contribution < -0.4 is 10.3 Å². The average Bonchev–Trinajstić information content (AvgIpc) is 2.70. The second kappa shape index (κ2) is 7.16. The van der Waals surface area contributed by atoms with E-state index in [4.69, 9.17) is 4.74 Å². The van der Waals surface area contributed by atoms with E-state index in [1.165, 1.54) is 6.33 Å². The molecule has 0 radical (unpaired) electrons. The van der Waals surface area contributed by atoms with Crippen LogP contribution in [0.1, 0.15) is 16.8 Å². The molecule has 0 atom stereocenters. The van der Waals surface area contributed by atoms with Crippen molar-refractivity contribution in [3.05, 3.63) is 64.1 Å². The highest BCUT2D eigenvalue weighted by Gasteiger charge is 2.22. The van der Waals surface area contributed by atoms with E-state index < -0.39 is 0 Å². The first-order chi connectivity index (χ1) is 13.1. The summed E-state index contributed by atoms with van der Waals surface area (Å²) < 4.78 is 5.11. The first-order valence-electron chi connectivity index (χ1n) is 8.59. The Bertz CT molecular complexity index is 1020. The summed E-state index contributed by atoms with van der Waals surface area (Å²) in [6.45, 7) is 1.78. The van der Waals surface area contributed by atoms with Crippen LogP contribution in [0.25, 0.3) is 11.4 Å². The number of aromatic hydroxyl groups is 1. The highest BCUT2D eigenvalue weighted by molar-refractivity contribution is 5.52. The van der Waals surface area contributed by atoms with Gasteiger partial charge in [-0.15, -0.1) is 0 Å². The van der Waals surface area contributed by atoms with Crippen LogP contribution >= 0.6 is 0 Å². The van der Waals surface area contributed by atoms with Gasteiger partial charge in [-0.05, 0) is 6.07 Å². The maximum Gasteiger partial charge on any atom is 0.255 e. The molecule has 0 bridgehead atoms. The fraction of sp³-hybridized carbons (Fsp3) is 0.263. The Labute approximate surface area is 155 Å². The first-order valence-corrected chi connectivity index (χ1v) is 8.59. The van der Waals surface area contributed by atoms with E-state index in [0.29, 0.717) is 42.2 Å². The molecule has 4 rings (SSSR count). The second-order valence-corrected chi connectivity index (χ2v) is 6.42. The smallest absolute Gasteiger partial charge is 0.255 e. The van der Waals surface area contributed by atoms with Crippen LogP contribution in [0.2, 0.25) is 0 Å². The summed E-state index contributed by atoms with van der Waals surface area (Å²) in [5.41, 5.74) is 2.79. The van der Waals surface area contributed by atoms with E-state index in [0.717, 1.165) is 17.8 Å². The zero-order valence-electron chi connectivity index (χ0n) is 14.8. The molecule has 138 valence electrons. The highest BCUT2D eigenvalue weighted by Crippen LogP contribution is 2.26. The number of aromatic amines is 1. The fourth-order valence-corrected chi connectivity index (χ4v) is 3.22. The van der Waals surface area contributed by atoms with Gasteiger partial charge in [0.25, 0.3) is 5.56 Å². The molecule has 0 aliphatic carbocycles. The Morgan fingerprint density at radius 3 is 2.85 bits per heavy atom. The van der Waals surface area contributed by atoms with Gasteiger partial charge in [0.05, 0.1) is 23.9 Å². The molecule has 0 saturated carbocycles. The molecule has 3 heterocycles. The molecule has 1 aromatic carbocycles. The van der Waals surface area contributed by atoms with Gasteiger partial charge in [-0.1, -0.05) is 6.07 Å². The lowest BCUT2D eigenvalue weighted by molar-refractivity contribution is 0.238. The molecule has 3 aromatic rings. The molecule has 0 unspecified atom stereocenters. The van der Waals surface area contributed by atoms with Gasteiger partial charge in [0.2, 0.25) is 0 Å². The number of fused-ring (bicyclic) bond motifs is 1. The third-order valence-corrected chi connectivity index (χ3v) is 4.67. The Balaban J connectivity index is 1.56. The Kier molecular flexibility index (Phi) is 4.55. The van der Waals surface area contributed by atoms with Crippen LogP contribution in [0.5, 0.6) is 11.5 Å². The normalized spacial score (nSPS) is 14.0. The molecule has 1 aliphatic heterocycles. The van der Waals surface area contributed by atoms with Gasteiger partial charge in [0.15, 0.2) is 0 Å². The fourth-order valence-electron chi connectivity index (χ4n) is 3.22. The van der Waals surface area contributed by atoms with Crippen molar-refractivity contribution in [1.82, 2.24) is 24.8 Å². The largest absolute Gasteiger partial charge is 0.507 e. The van der Waals surface area contributed by atoms with Crippen molar-refractivity contribution in [3.8, 4) is 22.9 Å². The van der Waals surface area contributed by atoms with Crippen molar-refractivity contribution < 1.29 is 9.84 Å². The van der Waals surface area contributed by atoms with E-state index in [1.54, 1.807) is 25.6 Å². The van der Waals surface area contributed by atoms with Crippen LogP contribution in [0.4, 0.5) is 0 Å². The standard InChI is InChI=1S/C19H19N5O3/c1-27-14-3-2-12(17(25)6-14)9-24-5-4-16-15(10-24)19(26)23-18(22-16)13-7-20-11-21-8-13/h2-3,6-8,11,25H,4-5,9-10H2,1H3,(H,22,23,26). The summed E-state index contributed by atoms with van der Waals surface area (Å²) in [6.07, 6.45) is 5.35. The minimum atomic E-state index is -0.150. The lowest BCUT2D eigenvalue weighted by atomic mass is 10.1. The van der Waals surface area contributed by atoms with Crippen molar-refractivity contribution in [3.63, 3.8) is 0 Å².